The Hall–Kier alpha value is -3.54. The van der Waals surface area contributed by atoms with Crippen molar-refractivity contribution in [3.05, 3.63) is 81.5 Å². The van der Waals surface area contributed by atoms with Crippen LogP contribution in [0.25, 0.3) is 23.1 Å². The Kier molecular flexibility index (Phi) is 4.03. The first-order chi connectivity index (χ1) is 11.5. The number of non-ortho nitro benzene ring substituents is 1. The maximum atomic E-state index is 11.3. The van der Waals surface area contributed by atoms with Gasteiger partial charge in [-0.2, -0.15) is 0 Å². The van der Waals surface area contributed by atoms with Gasteiger partial charge < -0.3 is 9.90 Å². The minimum Gasteiger partial charge on any atom is -0.545 e. The Morgan fingerprint density at radius 3 is 2.42 bits per heavy atom. The molecule has 0 saturated heterocycles. The number of para-hydroxylation sites is 1. The largest absolute Gasteiger partial charge is 0.545 e. The zero-order valence-electron chi connectivity index (χ0n) is 12.4. The highest BCUT2D eigenvalue weighted by molar-refractivity contribution is 6.02. The number of carbonyl (C=O) groups excluding carboxylic acids is 1. The van der Waals surface area contributed by atoms with Crippen molar-refractivity contribution in [2.45, 2.75) is 0 Å². The molecule has 0 spiro atoms. The number of aromatic nitrogens is 1. The summed E-state index contributed by atoms with van der Waals surface area (Å²) in [5.74, 6) is -1.27. The van der Waals surface area contributed by atoms with Crippen molar-refractivity contribution in [3.63, 3.8) is 0 Å². The van der Waals surface area contributed by atoms with Crippen LogP contribution in [0.4, 0.5) is 5.69 Å². The first-order valence-electron chi connectivity index (χ1n) is 7.08. The molecule has 0 bridgehead atoms. The minimum atomic E-state index is -1.27. The average Bonchev–Trinajstić information content (AvgIpc) is 2.59. The van der Waals surface area contributed by atoms with Crippen molar-refractivity contribution in [2.24, 2.45) is 0 Å². The molecule has 0 fully saturated rings. The molecule has 1 aromatic heterocycles. The van der Waals surface area contributed by atoms with E-state index >= 15 is 0 Å². The molecule has 3 rings (SSSR count). The van der Waals surface area contributed by atoms with Crippen molar-refractivity contribution in [1.29, 1.82) is 0 Å². The van der Waals surface area contributed by atoms with Crippen LogP contribution in [-0.4, -0.2) is 15.9 Å². The first kappa shape index (κ1) is 15.4. The Balaban J connectivity index is 1.97. The minimum absolute atomic E-state index is 0.00946. The monoisotopic (exact) mass is 319 g/mol. The molecule has 24 heavy (non-hydrogen) atoms. The van der Waals surface area contributed by atoms with E-state index in [-0.39, 0.29) is 11.3 Å². The summed E-state index contributed by atoms with van der Waals surface area (Å²) in [6.07, 6.45) is 3.36. The van der Waals surface area contributed by atoms with Gasteiger partial charge in [-0.25, -0.2) is 4.98 Å². The molecule has 2 aromatic carbocycles. The standard InChI is InChI=1S/C18H12N2O4/c21-18(22)16-11-13(19-17-4-2-1-3-15(16)17)8-5-12-6-9-14(10-7-12)20(23)24/h1-11H,(H,21,22)/p-1/b8-5+. The fourth-order valence-electron chi connectivity index (χ4n) is 2.34. The number of pyridine rings is 1. The van der Waals surface area contributed by atoms with Gasteiger partial charge in [0.15, 0.2) is 0 Å². The molecule has 0 radical (unpaired) electrons. The molecular formula is C18H11N2O4-. The fourth-order valence-corrected chi connectivity index (χ4v) is 2.34. The van der Waals surface area contributed by atoms with Crippen LogP contribution in [0, 0.1) is 10.1 Å². The van der Waals surface area contributed by atoms with E-state index in [0.29, 0.717) is 16.6 Å². The smallest absolute Gasteiger partial charge is 0.269 e. The normalized spacial score (nSPS) is 11.0. The first-order valence-corrected chi connectivity index (χ1v) is 7.08. The topological polar surface area (TPSA) is 96.2 Å². The van der Waals surface area contributed by atoms with E-state index in [9.17, 15) is 20.0 Å². The number of carboxylic acids is 1. The number of hydrogen-bond donors (Lipinski definition) is 0. The van der Waals surface area contributed by atoms with Crippen LogP contribution in [0.1, 0.15) is 21.6 Å². The summed E-state index contributed by atoms with van der Waals surface area (Å²) in [6, 6.07) is 14.4. The summed E-state index contributed by atoms with van der Waals surface area (Å²) in [4.78, 5) is 25.9. The third-order valence-corrected chi connectivity index (χ3v) is 3.51. The number of carbonyl (C=O) groups is 1. The molecule has 0 aliphatic carbocycles. The van der Waals surface area contributed by atoms with Gasteiger partial charge in [0.1, 0.15) is 0 Å². The summed E-state index contributed by atoms with van der Waals surface area (Å²) in [5.41, 5.74) is 1.85. The molecule has 3 aromatic rings. The molecule has 0 aliphatic heterocycles. The lowest BCUT2D eigenvalue weighted by Gasteiger charge is -2.08. The third kappa shape index (κ3) is 3.12. The highest BCUT2D eigenvalue weighted by Crippen LogP contribution is 2.19. The van der Waals surface area contributed by atoms with Gasteiger partial charge in [-0.1, -0.05) is 24.3 Å². The predicted octanol–water partition coefficient (Wildman–Crippen LogP) is 2.68. The second-order valence-electron chi connectivity index (χ2n) is 5.08. The van der Waals surface area contributed by atoms with Crippen LogP contribution in [0.2, 0.25) is 0 Å². The highest BCUT2D eigenvalue weighted by atomic mass is 16.6. The Morgan fingerprint density at radius 1 is 1.04 bits per heavy atom. The summed E-state index contributed by atoms with van der Waals surface area (Å²) < 4.78 is 0. The highest BCUT2D eigenvalue weighted by Gasteiger charge is 2.05. The van der Waals surface area contributed by atoms with Crippen LogP contribution in [0.3, 0.4) is 0 Å². The van der Waals surface area contributed by atoms with Crippen LogP contribution < -0.4 is 5.11 Å². The van der Waals surface area contributed by atoms with Crippen LogP contribution >= 0.6 is 0 Å². The molecular weight excluding hydrogens is 308 g/mol. The van der Waals surface area contributed by atoms with Crippen molar-refractivity contribution in [2.75, 3.05) is 0 Å². The lowest BCUT2D eigenvalue weighted by molar-refractivity contribution is -0.384. The lowest BCUT2D eigenvalue weighted by atomic mass is 10.1. The second-order valence-corrected chi connectivity index (χ2v) is 5.08. The second kappa shape index (κ2) is 6.29. The van der Waals surface area contributed by atoms with E-state index in [1.54, 1.807) is 48.6 Å². The number of benzene rings is 2. The van der Waals surface area contributed by atoms with Gasteiger partial charge >= 0.3 is 0 Å². The number of fused-ring (bicyclic) bond motifs is 1. The van der Waals surface area contributed by atoms with Gasteiger partial charge in [-0.15, -0.1) is 0 Å². The summed E-state index contributed by atoms with van der Waals surface area (Å²) in [6.45, 7) is 0. The lowest BCUT2D eigenvalue weighted by Crippen LogP contribution is -2.22. The maximum Gasteiger partial charge on any atom is 0.269 e. The van der Waals surface area contributed by atoms with E-state index in [2.05, 4.69) is 4.98 Å². The van der Waals surface area contributed by atoms with E-state index in [1.165, 1.54) is 18.2 Å². The molecule has 0 aliphatic rings. The average molecular weight is 319 g/mol. The number of nitrogens with zero attached hydrogens (tertiary/aromatic N) is 2. The van der Waals surface area contributed by atoms with Gasteiger partial charge in [0.25, 0.3) is 5.69 Å². The predicted molar refractivity (Wildman–Crippen MR) is 88.1 cm³/mol. The molecule has 0 amide bonds. The third-order valence-electron chi connectivity index (χ3n) is 3.51. The Labute approximate surface area is 136 Å². The molecule has 0 unspecified atom stereocenters. The van der Waals surface area contributed by atoms with Gasteiger partial charge in [0, 0.05) is 23.1 Å². The van der Waals surface area contributed by atoms with Crippen molar-refractivity contribution < 1.29 is 14.8 Å². The molecule has 1 heterocycles. The van der Waals surface area contributed by atoms with E-state index in [0.717, 1.165) is 5.56 Å². The fraction of sp³-hybridized carbons (Fsp3) is 0. The quantitative estimate of drug-likeness (QED) is 0.544. The van der Waals surface area contributed by atoms with Crippen molar-refractivity contribution >= 4 is 34.7 Å². The number of aromatic carboxylic acids is 1. The van der Waals surface area contributed by atoms with Crippen molar-refractivity contribution in [1.82, 2.24) is 4.98 Å². The number of nitro benzene ring substituents is 1. The van der Waals surface area contributed by atoms with Crippen LogP contribution in [-0.2, 0) is 0 Å². The maximum absolute atomic E-state index is 11.3. The summed E-state index contributed by atoms with van der Waals surface area (Å²) in [7, 11) is 0. The Morgan fingerprint density at radius 2 is 1.75 bits per heavy atom. The van der Waals surface area contributed by atoms with Gasteiger partial charge in [0.05, 0.1) is 22.1 Å². The zero-order chi connectivity index (χ0) is 17.1. The zero-order valence-corrected chi connectivity index (χ0v) is 12.4. The number of hydrogen-bond acceptors (Lipinski definition) is 5. The number of nitro groups is 1. The molecule has 6 nitrogen and oxygen atoms in total. The van der Waals surface area contributed by atoms with Crippen LogP contribution in [0.15, 0.2) is 54.6 Å². The number of carboxylic acid groups (broad SMARTS) is 1. The molecule has 0 N–H and O–H groups in total. The van der Waals surface area contributed by atoms with Crippen LogP contribution in [0.5, 0.6) is 0 Å². The molecule has 6 heteroatoms. The summed E-state index contributed by atoms with van der Waals surface area (Å²) in [5, 5.41) is 22.5. The molecule has 118 valence electrons. The molecule has 0 atom stereocenters. The van der Waals surface area contributed by atoms with Gasteiger partial charge in [-0.05, 0) is 35.9 Å². The SMILES string of the molecule is O=C([O-])c1cc(/C=C/c2ccc([N+](=O)[O-])cc2)nc2ccccc12. The van der Waals surface area contributed by atoms with Crippen molar-refractivity contribution in [3.8, 4) is 0 Å². The molecule has 0 saturated carbocycles. The number of rotatable bonds is 4. The van der Waals surface area contributed by atoms with E-state index in [4.69, 9.17) is 0 Å². The van der Waals surface area contributed by atoms with E-state index < -0.39 is 10.9 Å². The van der Waals surface area contributed by atoms with Gasteiger partial charge in [0.2, 0.25) is 0 Å². The van der Waals surface area contributed by atoms with E-state index in [1.807, 2.05) is 0 Å². The Bertz CT molecular complexity index is 962. The summed E-state index contributed by atoms with van der Waals surface area (Å²) >= 11 is 0. The van der Waals surface area contributed by atoms with Gasteiger partial charge in [-0.3, -0.25) is 10.1 Å².